The number of nitrogens with zero attached hydrogens (tertiary/aromatic N) is 3. The number of benzene rings is 1. The minimum Gasteiger partial charge on any atom is -0.493 e. The molecule has 0 amide bonds. The van der Waals surface area contributed by atoms with E-state index >= 15 is 0 Å². The molecule has 148 valence electrons. The molecule has 1 saturated heterocycles. The third kappa shape index (κ3) is 3.46. The second-order valence-corrected chi connectivity index (χ2v) is 8.40. The lowest BCUT2D eigenvalue weighted by molar-refractivity contribution is 0.228. The van der Waals surface area contributed by atoms with Crippen molar-refractivity contribution in [3.8, 4) is 11.5 Å². The number of thioether (sulfide) groups is 1. The Kier molecular flexibility index (Phi) is 5.49. The normalized spacial score (nSPS) is 23.7. The van der Waals surface area contributed by atoms with Crippen LogP contribution in [0, 0.1) is 0 Å². The summed E-state index contributed by atoms with van der Waals surface area (Å²) in [5, 5.41) is 1.13. The van der Waals surface area contributed by atoms with Crippen molar-refractivity contribution in [1.82, 2.24) is 9.88 Å². The first-order valence-corrected chi connectivity index (χ1v) is 10.8. The third-order valence-electron chi connectivity index (χ3n) is 5.22. The molecular formula is C22H27N3O2S. The van der Waals surface area contributed by atoms with Gasteiger partial charge in [-0.25, -0.2) is 0 Å². The van der Waals surface area contributed by atoms with Crippen molar-refractivity contribution in [1.29, 1.82) is 0 Å². The highest BCUT2D eigenvalue weighted by atomic mass is 32.2. The van der Waals surface area contributed by atoms with E-state index in [1.54, 1.807) is 7.11 Å². The number of aromatic nitrogens is 1. The quantitative estimate of drug-likeness (QED) is 0.697. The van der Waals surface area contributed by atoms with Crippen LogP contribution in [0.1, 0.15) is 50.5 Å². The molecule has 3 atom stereocenters. The Morgan fingerprint density at radius 3 is 2.75 bits per heavy atom. The van der Waals surface area contributed by atoms with Gasteiger partial charge < -0.3 is 14.4 Å². The van der Waals surface area contributed by atoms with E-state index in [1.807, 2.05) is 50.0 Å². The van der Waals surface area contributed by atoms with Crippen LogP contribution in [0.2, 0.25) is 0 Å². The molecule has 0 N–H and O–H groups in total. The Morgan fingerprint density at radius 1 is 1.21 bits per heavy atom. The van der Waals surface area contributed by atoms with Crippen molar-refractivity contribution in [2.24, 2.45) is 4.99 Å². The zero-order valence-electron chi connectivity index (χ0n) is 16.8. The lowest BCUT2D eigenvalue weighted by Gasteiger charge is -2.32. The Morgan fingerprint density at radius 2 is 2.07 bits per heavy atom. The van der Waals surface area contributed by atoms with Crippen LogP contribution in [0.5, 0.6) is 11.5 Å². The molecule has 4 rings (SSSR count). The van der Waals surface area contributed by atoms with Crippen molar-refractivity contribution < 1.29 is 9.47 Å². The van der Waals surface area contributed by atoms with E-state index < -0.39 is 0 Å². The van der Waals surface area contributed by atoms with Gasteiger partial charge in [0, 0.05) is 18.0 Å². The first kappa shape index (κ1) is 19.1. The van der Waals surface area contributed by atoms with E-state index in [2.05, 4.69) is 35.0 Å². The topological polar surface area (TPSA) is 47.0 Å². The maximum atomic E-state index is 5.91. The Bertz CT molecular complexity index is 856. The van der Waals surface area contributed by atoms with Gasteiger partial charge in [-0.05, 0) is 50.1 Å². The summed E-state index contributed by atoms with van der Waals surface area (Å²) in [6, 6.07) is 12.9. The molecule has 6 heteroatoms. The van der Waals surface area contributed by atoms with Crippen LogP contribution in [-0.2, 0) is 0 Å². The fraction of sp³-hybridized carbons (Fsp3) is 0.455. The average Bonchev–Trinajstić information content (AvgIpc) is 3.27. The smallest absolute Gasteiger partial charge is 0.161 e. The van der Waals surface area contributed by atoms with E-state index in [9.17, 15) is 0 Å². The highest BCUT2D eigenvalue weighted by Gasteiger charge is 2.45. The molecule has 0 spiro atoms. The van der Waals surface area contributed by atoms with E-state index in [0.29, 0.717) is 6.04 Å². The molecular weight excluding hydrogens is 370 g/mol. The van der Waals surface area contributed by atoms with Gasteiger partial charge in [-0.15, -0.1) is 0 Å². The molecule has 2 aliphatic heterocycles. The Labute approximate surface area is 171 Å². The second kappa shape index (κ2) is 8.03. The first-order chi connectivity index (χ1) is 13.6. The molecule has 1 aromatic heterocycles. The maximum absolute atomic E-state index is 5.91. The number of ether oxygens (including phenoxy) is 2. The van der Waals surface area contributed by atoms with Gasteiger partial charge in [0.05, 0.1) is 24.9 Å². The zero-order valence-corrected chi connectivity index (χ0v) is 17.6. The molecule has 2 aliphatic rings. The maximum Gasteiger partial charge on any atom is 0.161 e. The number of pyridine rings is 1. The number of aliphatic imine (C=N–C) groups is 1. The predicted octanol–water partition coefficient (Wildman–Crippen LogP) is 4.86. The van der Waals surface area contributed by atoms with Crippen LogP contribution >= 0.6 is 11.8 Å². The van der Waals surface area contributed by atoms with E-state index in [0.717, 1.165) is 34.5 Å². The number of amidine groups is 1. The fourth-order valence-corrected chi connectivity index (χ4v) is 5.27. The van der Waals surface area contributed by atoms with Gasteiger partial charge >= 0.3 is 0 Å². The summed E-state index contributed by atoms with van der Waals surface area (Å²) in [5.41, 5.74) is 2.19. The van der Waals surface area contributed by atoms with Crippen molar-refractivity contribution in [2.45, 2.75) is 51.4 Å². The molecule has 1 aromatic carbocycles. The van der Waals surface area contributed by atoms with Crippen LogP contribution in [0.25, 0.3) is 0 Å². The van der Waals surface area contributed by atoms with Gasteiger partial charge in [0.15, 0.2) is 16.7 Å². The van der Waals surface area contributed by atoms with Crippen LogP contribution in [-0.4, -0.2) is 40.1 Å². The molecule has 28 heavy (non-hydrogen) atoms. The molecule has 3 heterocycles. The fourth-order valence-electron chi connectivity index (χ4n) is 3.93. The summed E-state index contributed by atoms with van der Waals surface area (Å²) in [6.07, 6.45) is 3.05. The van der Waals surface area contributed by atoms with Crippen molar-refractivity contribution in [2.75, 3.05) is 12.9 Å². The highest BCUT2D eigenvalue weighted by Crippen LogP contribution is 2.49. The minimum absolute atomic E-state index is 0.0142. The molecule has 0 bridgehead atoms. The Balaban J connectivity index is 1.76. The highest BCUT2D eigenvalue weighted by molar-refractivity contribution is 8.14. The van der Waals surface area contributed by atoms with Crippen LogP contribution in [0.4, 0.5) is 0 Å². The zero-order chi connectivity index (χ0) is 19.7. The number of hydrogen-bond donors (Lipinski definition) is 0. The van der Waals surface area contributed by atoms with Crippen LogP contribution in [0.15, 0.2) is 47.6 Å². The molecule has 0 unspecified atom stereocenters. The summed E-state index contributed by atoms with van der Waals surface area (Å²) in [6.45, 7) is 6.29. The van der Waals surface area contributed by atoms with Crippen molar-refractivity contribution in [3.63, 3.8) is 0 Å². The Hall–Kier alpha value is -2.21. The monoisotopic (exact) mass is 397 g/mol. The van der Waals surface area contributed by atoms with Gasteiger partial charge in [0.25, 0.3) is 0 Å². The molecule has 2 aromatic rings. The number of fused-ring (bicyclic) bond motifs is 1. The van der Waals surface area contributed by atoms with Gasteiger partial charge in [-0.1, -0.05) is 30.8 Å². The van der Waals surface area contributed by atoms with Crippen molar-refractivity contribution >= 4 is 16.9 Å². The largest absolute Gasteiger partial charge is 0.493 e. The van der Waals surface area contributed by atoms with E-state index in [1.165, 1.54) is 5.56 Å². The number of hydrogen-bond acceptors (Lipinski definition) is 6. The van der Waals surface area contributed by atoms with Crippen molar-refractivity contribution in [3.05, 3.63) is 53.9 Å². The SMILES string of the molecule is CC[C@H]1CSC2=N[C@H](c3ccccn3)[C@@H](c3ccc(OC(C)C)c(OC)c3)N21. The van der Waals surface area contributed by atoms with E-state index in [4.69, 9.17) is 14.5 Å². The van der Waals surface area contributed by atoms with E-state index in [-0.39, 0.29) is 18.2 Å². The van der Waals surface area contributed by atoms with Gasteiger partial charge in [0.2, 0.25) is 0 Å². The minimum atomic E-state index is -0.0142. The summed E-state index contributed by atoms with van der Waals surface area (Å²) < 4.78 is 11.6. The lowest BCUT2D eigenvalue weighted by Crippen LogP contribution is -2.35. The summed E-state index contributed by atoms with van der Waals surface area (Å²) in [7, 11) is 1.69. The second-order valence-electron chi connectivity index (χ2n) is 7.41. The van der Waals surface area contributed by atoms with Gasteiger partial charge in [-0.2, -0.15) is 0 Å². The lowest BCUT2D eigenvalue weighted by atomic mass is 9.95. The molecule has 0 saturated carbocycles. The van der Waals surface area contributed by atoms with Crippen LogP contribution in [0.3, 0.4) is 0 Å². The molecule has 1 fully saturated rings. The predicted molar refractivity (Wildman–Crippen MR) is 114 cm³/mol. The van der Waals surface area contributed by atoms with Gasteiger partial charge in [-0.3, -0.25) is 9.98 Å². The average molecular weight is 398 g/mol. The van der Waals surface area contributed by atoms with Crippen LogP contribution < -0.4 is 9.47 Å². The summed E-state index contributed by atoms with van der Waals surface area (Å²) in [4.78, 5) is 12.2. The molecule has 0 aliphatic carbocycles. The third-order valence-corrected chi connectivity index (χ3v) is 6.35. The first-order valence-electron chi connectivity index (χ1n) is 9.86. The summed E-state index contributed by atoms with van der Waals surface area (Å²) >= 11 is 1.86. The van der Waals surface area contributed by atoms with Gasteiger partial charge in [0.1, 0.15) is 6.04 Å². The molecule has 0 radical (unpaired) electrons. The number of methoxy groups -OCH3 is 1. The summed E-state index contributed by atoms with van der Waals surface area (Å²) in [5.74, 6) is 2.63. The molecule has 5 nitrogen and oxygen atoms in total. The standard InChI is InChI=1S/C22H27N3O2S/c1-5-16-13-28-22-24-20(17-8-6-7-11-23-17)21(25(16)22)15-9-10-18(27-14(2)3)19(12-15)26-4/h6-12,14,16,20-21H,5,13H2,1-4H3/t16-,20+,21+/m0/s1. The number of rotatable bonds is 6.